The van der Waals surface area contributed by atoms with Crippen LogP contribution in [0.15, 0.2) is 18.2 Å². The maximum atomic E-state index is 11.6. The number of hydrogen-bond acceptors (Lipinski definition) is 2. The molecule has 1 saturated carbocycles. The summed E-state index contributed by atoms with van der Waals surface area (Å²) in [5.74, 6) is -0.663. The summed E-state index contributed by atoms with van der Waals surface area (Å²) in [5.41, 5.74) is 0.500. The Hall–Kier alpha value is -1.55. The first-order chi connectivity index (χ1) is 8.04. The van der Waals surface area contributed by atoms with E-state index >= 15 is 0 Å². The molecule has 1 aromatic rings. The fourth-order valence-corrected chi connectivity index (χ4v) is 1.82. The molecule has 1 fully saturated rings. The number of carboxylic acid groups (broad SMARTS) is 1. The molecule has 0 radical (unpaired) electrons. The van der Waals surface area contributed by atoms with Crippen molar-refractivity contribution in [3.05, 3.63) is 28.8 Å². The van der Waals surface area contributed by atoms with Gasteiger partial charge < -0.3 is 10.4 Å². The molecule has 0 bridgehead atoms. The molecule has 1 aromatic carbocycles. The van der Waals surface area contributed by atoms with E-state index in [0.29, 0.717) is 23.0 Å². The van der Waals surface area contributed by atoms with Crippen LogP contribution in [0.4, 0.5) is 5.69 Å². The van der Waals surface area contributed by atoms with E-state index in [-0.39, 0.29) is 11.5 Å². The van der Waals surface area contributed by atoms with E-state index in [1.165, 1.54) is 12.1 Å². The third kappa shape index (κ3) is 3.46. The molecule has 0 heterocycles. The van der Waals surface area contributed by atoms with Gasteiger partial charge in [0, 0.05) is 17.1 Å². The summed E-state index contributed by atoms with van der Waals surface area (Å²) in [4.78, 5) is 22.4. The van der Waals surface area contributed by atoms with Gasteiger partial charge in [-0.25, -0.2) is 4.79 Å². The molecule has 1 amide bonds. The summed E-state index contributed by atoms with van der Waals surface area (Å²) in [6.45, 7) is 0. The Kier molecular flexibility index (Phi) is 3.33. The van der Waals surface area contributed by atoms with E-state index < -0.39 is 5.97 Å². The Morgan fingerprint density at radius 1 is 1.35 bits per heavy atom. The van der Waals surface area contributed by atoms with Crippen LogP contribution in [-0.4, -0.2) is 17.0 Å². The quantitative estimate of drug-likeness (QED) is 0.867. The van der Waals surface area contributed by atoms with Gasteiger partial charge in [-0.3, -0.25) is 4.79 Å². The van der Waals surface area contributed by atoms with E-state index in [1.807, 2.05) is 0 Å². The van der Waals surface area contributed by atoms with E-state index in [0.717, 1.165) is 12.8 Å². The van der Waals surface area contributed by atoms with Crippen LogP contribution in [0.1, 0.15) is 29.6 Å². The van der Waals surface area contributed by atoms with Crippen LogP contribution in [0.25, 0.3) is 0 Å². The molecule has 0 unspecified atom stereocenters. The summed E-state index contributed by atoms with van der Waals surface area (Å²) >= 11 is 5.78. The number of anilines is 1. The monoisotopic (exact) mass is 253 g/mol. The van der Waals surface area contributed by atoms with Gasteiger partial charge in [0.2, 0.25) is 5.91 Å². The van der Waals surface area contributed by atoms with Gasteiger partial charge in [-0.1, -0.05) is 11.6 Å². The number of amides is 1. The zero-order valence-electron chi connectivity index (χ0n) is 9.07. The van der Waals surface area contributed by atoms with Crippen LogP contribution in [0.2, 0.25) is 5.02 Å². The van der Waals surface area contributed by atoms with Gasteiger partial charge in [0.1, 0.15) is 0 Å². The number of rotatable bonds is 4. The zero-order valence-corrected chi connectivity index (χ0v) is 9.83. The Labute approximate surface area is 104 Å². The Morgan fingerprint density at radius 2 is 2.06 bits per heavy atom. The number of hydrogen-bond donors (Lipinski definition) is 2. The lowest BCUT2D eigenvalue weighted by molar-refractivity contribution is -0.116. The van der Waals surface area contributed by atoms with Crippen LogP contribution >= 0.6 is 11.6 Å². The van der Waals surface area contributed by atoms with Crippen LogP contribution in [0, 0.1) is 5.92 Å². The van der Waals surface area contributed by atoms with Crippen LogP contribution < -0.4 is 5.32 Å². The molecule has 90 valence electrons. The largest absolute Gasteiger partial charge is 0.478 e. The first kappa shape index (κ1) is 11.9. The van der Waals surface area contributed by atoms with Crippen molar-refractivity contribution in [3.63, 3.8) is 0 Å². The third-order valence-electron chi connectivity index (χ3n) is 2.60. The SMILES string of the molecule is O=C(CC1CC1)Nc1cc(Cl)cc(C(=O)O)c1. The maximum Gasteiger partial charge on any atom is 0.335 e. The molecule has 1 aliphatic rings. The minimum Gasteiger partial charge on any atom is -0.478 e. The van der Waals surface area contributed by atoms with Gasteiger partial charge in [0.25, 0.3) is 0 Å². The summed E-state index contributed by atoms with van der Waals surface area (Å²) in [6, 6.07) is 4.29. The number of benzene rings is 1. The molecule has 5 heteroatoms. The highest BCUT2D eigenvalue weighted by molar-refractivity contribution is 6.31. The second-order valence-corrected chi connectivity index (χ2v) is 4.67. The standard InChI is InChI=1S/C12H12ClNO3/c13-9-4-8(12(16)17)5-10(6-9)14-11(15)3-7-1-2-7/h4-7H,1-3H2,(H,14,15)(H,16,17). The van der Waals surface area contributed by atoms with Crippen LogP contribution in [0.3, 0.4) is 0 Å². The van der Waals surface area contributed by atoms with Crippen molar-refractivity contribution in [1.82, 2.24) is 0 Å². The number of carbonyl (C=O) groups excluding carboxylic acids is 1. The predicted molar refractivity (Wildman–Crippen MR) is 64.4 cm³/mol. The van der Waals surface area contributed by atoms with Gasteiger partial charge >= 0.3 is 5.97 Å². The van der Waals surface area contributed by atoms with Crippen molar-refractivity contribution in [1.29, 1.82) is 0 Å². The molecule has 1 aliphatic carbocycles. The van der Waals surface area contributed by atoms with Crippen LogP contribution in [-0.2, 0) is 4.79 Å². The number of carbonyl (C=O) groups is 2. The molecule has 17 heavy (non-hydrogen) atoms. The molecular formula is C12H12ClNO3. The molecule has 0 aliphatic heterocycles. The van der Waals surface area contributed by atoms with E-state index in [4.69, 9.17) is 16.7 Å². The number of nitrogens with one attached hydrogen (secondary N) is 1. The van der Waals surface area contributed by atoms with Gasteiger partial charge in [-0.15, -0.1) is 0 Å². The Balaban J connectivity index is 2.08. The zero-order chi connectivity index (χ0) is 12.4. The highest BCUT2D eigenvalue weighted by atomic mass is 35.5. The molecule has 0 aromatic heterocycles. The number of carboxylic acids is 1. The van der Waals surface area contributed by atoms with Crippen molar-refractivity contribution in [2.45, 2.75) is 19.3 Å². The molecule has 0 atom stereocenters. The smallest absolute Gasteiger partial charge is 0.335 e. The maximum absolute atomic E-state index is 11.6. The van der Waals surface area contributed by atoms with Crippen molar-refractivity contribution in [2.24, 2.45) is 5.92 Å². The van der Waals surface area contributed by atoms with Crippen molar-refractivity contribution < 1.29 is 14.7 Å². The molecule has 4 nitrogen and oxygen atoms in total. The lowest BCUT2D eigenvalue weighted by Gasteiger charge is -2.06. The van der Waals surface area contributed by atoms with Crippen LogP contribution in [0.5, 0.6) is 0 Å². The van der Waals surface area contributed by atoms with Gasteiger partial charge in [-0.05, 0) is 37.0 Å². The molecular weight excluding hydrogens is 242 g/mol. The molecule has 2 N–H and O–H groups in total. The number of halogens is 1. The second-order valence-electron chi connectivity index (χ2n) is 4.23. The summed E-state index contributed by atoms with van der Waals surface area (Å²) < 4.78 is 0. The summed E-state index contributed by atoms with van der Waals surface area (Å²) in [5, 5.41) is 11.8. The Morgan fingerprint density at radius 3 is 2.65 bits per heavy atom. The average molecular weight is 254 g/mol. The highest BCUT2D eigenvalue weighted by Crippen LogP contribution is 2.32. The van der Waals surface area contributed by atoms with Gasteiger partial charge in [0.15, 0.2) is 0 Å². The minimum absolute atomic E-state index is 0.0687. The lowest BCUT2D eigenvalue weighted by atomic mass is 10.2. The highest BCUT2D eigenvalue weighted by Gasteiger charge is 2.24. The predicted octanol–water partition coefficient (Wildman–Crippen LogP) is 2.78. The Bertz CT molecular complexity index is 469. The fourth-order valence-electron chi connectivity index (χ4n) is 1.58. The van der Waals surface area contributed by atoms with E-state index in [1.54, 1.807) is 6.07 Å². The minimum atomic E-state index is -1.06. The second kappa shape index (κ2) is 4.75. The average Bonchev–Trinajstić information content (AvgIpc) is 3.00. The van der Waals surface area contributed by atoms with Crippen molar-refractivity contribution in [3.8, 4) is 0 Å². The third-order valence-corrected chi connectivity index (χ3v) is 2.82. The first-order valence-electron chi connectivity index (χ1n) is 5.38. The topological polar surface area (TPSA) is 66.4 Å². The summed E-state index contributed by atoms with van der Waals surface area (Å²) in [6.07, 6.45) is 2.70. The van der Waals surface area contributed by atoms with Gasteiger partial charge in [0.05, 0.1) is 5.56 Å². The molecule has 0 saturated heterocycles. The van der Waals surface area contributed by atoms with E-state index in [9.17, 15) is 9.59 Å². The molecule has 2 rings (SSSR count). The normalized spacial score (nSPS) is 14.4. The molecule has 0 spiro atoms. The lowest BCUT2D eigenvalue weighted by Crippen LogP contribution is -2.12. The van der Waals surface area contributed by atoms with E-state index in [2.05, 4.69) is 5.32 Å². The summed E-state index contributed by atoms with van der Waals surface area (Å²) in [7, 11) is 0. The first-order valence-corrected chi connectivity index (χ1v) is 5.76. The van der Waals surface area contributed by atoms with Crippen molar-refractivity contribution >= 4 is 29.2 Å². The van der Waals surface area contributed by atoms with Crippen molar-refractivity contribution in [2.75, 3.05) is 5.32 Å². The fraction of sp³-hybridized carbons (Fsp3) is 0.333. The number of aromatic carboxylic acids is 1. The van der Waals surface area contributed by atoms with Gasteiger partial charge in [-0.2, -0.15) is 0 Å².